The highest BCUT2D eigenvalue weighted by Crippen LogP contribution is 2.31. The molecule has 3 rings (SSSR count). The van der Waals surface area contributed by atoms with Crippen LogP contribution < -0.4 is 0 Å². The van der Waals surface area contributed by atoms with Gasteiger partial charge in [-0.3, -0.25) is 0 Å². The number of rotatable bonds is 9. The maximum absolute atomic E-state index is 13.2. The Morgan fingerprint density at radius 2 is 1.53 bits per heavy atom. The van der Waals surface area contributed by atoms with E-state index in [1.165, 1.54) is 12.1 Å². The summed E-state index contributed by atoms with van der Waals surface area (Å²) in [6, 6.07) is 15.4. The zero-order chi connectivity index (χ0) is 23.4. The molecule has 3 aromatic rings. The monoisotopic (exact) mass is 462 g/mol. The molecule has 6 N–H and O–H groups in total. The Balaban J connectivity index is 1.76. The van der Waals surface area contributed by atoms with Gasteiger partial charge in [0, 0.05) is 16.2 Å². The molecule has 2 aromatic carbocycles. The SMILES string of the molecule is Cc1ccc(C(O)[C@@H](O)[C@H](O)[C@@H](O)[C@@H](O)CO)cc1Cc1ccc(-c2ccc(F)cc2)s1. The number of aliphatic hydroxyl groups excluding tert-OH is 6. The highest BCUT2D eigenvalue weighted by Gasteiger charge is 2.34. The average molecular weight is 463 g/mol. The molecular formula is C24H27FO6S. The third kappa shape index (κ3) is 5.60. The maximum Gasteiger partial charge on any atom is 0.123 e. The first-order valence-corrected chi connectivity index (χ1v) is 11.0. The number of thiophene rings is 1. The molecule has 0 aliphatic carbocycles. The first kappa shape index (κ1) is 24.5. The molecule has 0 spiro atoms. The molecule has 5 atom stereocenters. The molecule has 6 nitrogen and oxygen atoms in total. The normalized spacial score (nSPS) is 16.4. The van der Waals surface area contributed by atoms with Crippen LogP contribution in [0.5, 0.6) is 0 Å². The minimum absolute atomic E-state index is 0.290. The second-order valence-electron chi connectivity index (χ2n) is 7.80. The van der Waals surface area contributed by atoms with E-state index in [-0.39, 0.29) is 5.82 Å². The van der Waals surface area contributed by atoms with E-state index in [0.29, 0.717) is 12.0 Å². The summed E-state index contributed by atoms with van der Waals surface area (Å²) in [6.07, 6.45) is -8.02. The van der Waals surface area contributed by atoms with Crippen LogP contribution in [0, 0.1) is 12.7 Å². The van der Waals surface area contributed by atoms with Crippen LogP contribution in [0.3, 0.4) is 0 Å². The van der Waals surface area contributed by atoms with Crippen molar-refractivity contribution in [2.75, 3.05) is 6.61 Å². The molecule has 172 valence electrons. The van der Waals surface area contributed by atoms with Gasteiger partial charge in [0.1, 0.15) is 36.3 Å². The van der Waals surface area contributed by atoms with E-state index in [2.05, 4.69) is 0 Å². The first-order chi connectivity index (χ1) is 15.2. The predicted octanol–water partition coefficient (Wildman–Crippen LogP) is 1.92. The zero-order valence-electron chi connectivity index (χ0n) is 17.5. The van der Waals surface area contributed by atoms with E-state index in [9.17, 15) is 29.9 Å². The molecule has 1 aromatic heterocycles. The quantitative estimate of drug-likeness (QED) is 0.289. The van der Waals surface area contributed by atoms with Crippen molar-refractivity contribution in [1.29, 1.82) is 0 Å². The maximum atomic E-state index is 13.2. The molecule has 0 saturated carbocycles. The van der Waals surface area contributed by atoms with Crippen molar-refractivity contribution in [3.8, 4) is 10.4 Å². The Hall–Kier alpha value is -2.17. The van der Waals surface area contributed by atoms with E-state index in [4.69, 9.17) is 5.11 Å². The lowest BCUT2D eigenvalue weighted by molar-refractivity contribution is -0.141. The van der Waals surface area contributed by atoms with Gasteiger partial charge in [0.25, 0.3) is 0 Å². The fourth-order valence-corrected chi connectivity index (χ4v) is 4.45. The molecule has 0 saturated heterocycles. The van der Waals surface area contributed by atoms with E-state index < -0.39 is 37.1 Å². The van der Waals surface area contributed by atoms with Crippen LogP contribution in [0.15, 0.2) is 54.6 Å². The Kier molecular flexibility index (Phi) is 8.13. The van der Waals surface area contributed by atoms with Crippen molar-refractivity contribution in [2.24, 2.45) is 0 Å². The Morgan fingerprint density at radius 3 is 2.19 bits per heavy atom. The van der Waals surface area contributed by atoms with Crippen LogP contribution in [0.1, 0.15) is 27.7 Å². The van der Waals surface area contributed by atoms with E-state index in [1.54, 1.807) is 41.7 Å². The molecule has 1 unspecified atom stereocenters. The Morgan fingerprint density at radius 1 is 0.844 bits per heavy atom. The number of aryl methyl sites for hydroxylation is 1. The third-order valence-electron chi connectivity index (χ3n) is 5.47. The van der Waals surface area contributed by atoms with Crippen LogP contribution in [0.2, 0.25) is 0 Å². The van der Waals surface area contributed by atoms with Crippen molar-refractivity contribution >= 4 is 11.3 Å². The molecule has 1 heterocycles. The van der Waals surface area contributed by atoms with Gasteiger partial charge in [0.15, 0.2) is 0 Å². The van der Waals surface area contributed by atoms with Gasteiger partial charge in [0.2, 0.25) is 0 Å². The topological polar surface area (TPSA) is 121 Å². The number of benzene rings is 2. The van der Waals surface area contributed by atoms with Gasteiger partial charge in [-0.05, 0) is 53.4 Å². The highest BCUT2D eigenvalue weighted by molar-refractivity contribution is 7.15. The van der Waals surface area contributed by atoms with Crippen LogP contribution in [0.4, 0.5) is 4.39 Å². The van der Waals surface area contributed by atoms with Gasteiger partial charge >= 0.3 is 0 Å². The molecular weight excluding hydrogens is 435 g/mol. The van der Waals surface area contributed by atoms with Crippen LogP contribution in [-0.2, 0) is 6.42 Å². The smallest absolute Gasteiger partial charge is 0.123 e. The third-order valence-corrected chi connectivity index (χ3v) is 6.61. The average Bonchev–Trinajstić information content (AvgIpc) is 3.26. The largest absolute Gasteiger partial charge is 0.394 e. The number of halogens is 1. The van der Waals surface area contributed by atoms with Gasteiger partial charge in [-0.15, -0.1) is 11.3 Å². The summed E-state index contributed by atoms with van der Waals surface area (Å²) in [4.78, 5) is 2.06. The van der Waals surface area contributed by atoms with Gasteiger partial charge in [0.05, 0.1) is 6.61 Å². The van der Waals surface area contributed by atoms with Gasteiger partial charge in [-0.2, -0.15) is 0 Å². The zero-order valence-corrected chi connectivity index (χ0v) is 18.3. The lowest BCUT2D eigenvalue weighted by atomic mass is 9.92. The lowest BCUT2D eigenvalue weighted by Gasteiger charge is -2.29. The Bertz CT molecular complexity index is 1020. The fraction of sp³-hybridized carbons (Fsp3) is 0.333. The van der Waals surface area contributed by atoms with E-state index >= 15 is 0 Å². The molecule has 0 bridgehead atoms. The van der Waals surface area contributed by atoms with E-state index in [0.717, 1.165) is 26.4 Å². The highest BCUT2D eigenvalue weighted by atomic mass is 32.1. The van der Waals surface area contributed by atoms with Gasteiger partial charge in [-0.1, -0.05) is 30.3 Å². The summed E-state index contributed by atoms with van der Waals surface area (Å²) < 4.78 is 13.2. The number of hydrogen-bond donors (Lipinski definition) is 6. The molecule has 0 fully saturated rings. The standard InChI is InChI=1S/C24H27FO6S/c1-13-2-3-15(21(28)23(30)24(31)22(29)19(27)12-26)10-16(13)11-18-8-9-20(32-18)14-4-6-17(25)7-5-14/h2-10,19,21-24,26-31H,11-12H2,1H3/t19-,21?,22-,23+,24+/m0/s1. The number of hydrogen-bond acceptors (Lipinski definition) is 7. The summed E-state index contributed by atoms with van der Waals surface area (Å²) in [7, 11) is 0. The molecule has 0 amide bonds. The van der Waals surface area contributed by atoms with E-state index in [1.807, 2.05) is 19.1 Å². The molecule has 8 heteroatoms. The summed E-state index contributed by atoms with van der Waals surface area (Å²) in [5, 5.41) is 59.0. The summed E-state index contributed by atoms with van der Waals surface area (Å²) in [5.74, 6) is -0.290. The van der Waals surface area contributed by atoms with Crippen molar-refractivity contribution in [3.63, 3.8) is 0 Å². The fourth-order valence-electron chi connectivity index (χ4n) is 3.42. The molecule has 0 aliphatic heterocycles. The Labute approximate surface area is 189 Å². The van der Waals surface area contributed by atoms with Crippen LogP contribution in [-0.4, -0.2) is 61.7 Å². The van der Waals surface area contributed by atoms with Crippen molar-refractivity contribution < 1.29 is 35.0 Å². The second-order valence-corrected chi connectivity index (χ2v) is 8.97. The molecule has 0 radical (unpaired) electrons. The summed E-state index contributed by atoms with van der Waals surface area (Å²) in [6.45, 7) is 1.13. The molecule has 0 aliphatic rings. The van der Waals surface area contributed by atoms with Crippen molar-refractivity contribution in [1.82, 2.24) is 0 Å². The minimum Gasteiger partial charge on any atom is -0.394 e. The molecule has 32 heavy (non-hydrogen) atoms. The van der Waals surface area contributed by atoms with Gasteiger partial charge < -0.3 is 30.6 Å². The van der Waals surface area contributed by atoms with Gasteiger partial charge in [-0.25, -0.2) is 4.39 Å². The van der Waals surface area contributed by atoms with Crippen molar-refractivity contribution in [3.05, 3.63) is 82.0 Å². The number of aliphatic hydroxyl groups is 6. The minimum atomic E-state index is -1.85. The summed E-state index contributed by atoms with van der Waals surface area (Å²) >= 11 is 1.57. The second kappa shape index (κ2) is 10.6. The van der Waals surface area contributed by atoms with Crippen LogP contribution in [0.25, 0.3) is 10.4 Å². The summed E-state index contributed by atoms with van der Waals surface area (Å²) in [5.41, 5.74) is 3.15. The van der Waals surface area contributed by atoms with Crippen LogP contribution >= 0.6 is 11.3 Å². The first-order valence-electron chi connectivity index (χ1n) is 10.2. The predicted molar refractivity (Wildman–Crippen MR) is 120 cm³/mol. The lowest BCUT2D eigenvalue weighted by Crippen LogP contribution is -2.47. The van der Waals surface area contributed by atoms with Crippen molar-refractivity contribution in [2.45, 2.75) is 43.9 Å².